The first-order valence-corrected chi connectivity index (χ1v) is 10.3. The third-order valence-corrected chi connectivity index (χ3v) is 6.24. The summed E-state index contributed by atoms with van der Waals surface area (Å²) in [5, 5.41) is 10.9. The number of hydrogen-bond acceptors (Lipinski definition) is 5. The van der Waals surface area contributed by atoms with Crippen LogP contribution < -0.4 is 15.5 Å². The van der Waals surface area contributed by atoms with Gasteiger partial charge in [0.2, 0.25) is 0 Å². The molecule has 0 radical (unpaired) electrons. The number of hydrogen-bond donors (Lipinski definition) is 2. The van der Waals surface area contributed by atoms with Gasteiger partial charge < -0.3 is 15.5 Å². The lowest BCUT2D eigenvalue weighted by Crippen LogP contribution is -2.45. The van der Waals surface area contributed by atoms with Gasteiger partial charge in [-0.1, -0.05) is 13.3 Å². The van der Waals surface area contributed by atoms with Crippen LogP contribution >= 0.6 is 23.1 Å². The van der Waals surface area contributed by atoms with Gasteiger partial charge in [0.25, 0.3) is 0 Å². The molecule has 1 fully saturated rings. The van der Waals surface area contributed by atoms with E-state index in [1.165, 1.54) is 31.4 Å². The van der Waals surface area contributed by atoms with Crippen molar-refractivity contribution in [2.75, 3.05) is 31.8 Å². The van der Waals surface area contributed by atoms with E-state index >= 15 is 0 Å². The standard InChI is InChI=1S/C16H29N5S2/c1-5-22-14-8-6-7-12(9-14)19-15(17-2)18-10-13-11-23-16(20-13)21(3)4/h11-12,14H,5-10H2,1-4H3,(H2,17,18,19). The molecule has 2 rings (SSSR count). The second kappa shape index (κ2) is 9.37. The fourth-order valence-electron chi connectivity index (χ4n) is 2.81. The van der Waals surface area contributed by atoms with Crippen molar-refractivity contribution >= 4 is 34.2 Å². The molecule has 23 heavy (non-hydrogen) atoms. The number of guanidine groups is 1. The largest absolute Gasteiger partial charge is 0.354 e. The summed E-state index contributed by atoms with van der Waals surface area (Å²) < 4.78 is 0. The van der Waals surface area contributed by atoms with Gasteiger partial charge in [0.1, 0.15) is 0 Å². The van der Waals surface area contributed by atoms with Crippen molar-refractivity contribution in [3.05, 3.63) is 11.1 Å². The van der Waals surface area contributed by atoms with Crippen LogP contribution in [0.15, 0.2) is 10.4 Å². The van der Waals surface area contributed by atoms with Crippen LogP contribution in [0, 0.1) is 0 Å². The van der Waals surface area contributed by atoms with Gasteiger partial charge in [0.05, 0.1) is 12.2 Å². The van der Waals surface area contributed by atoms with Crippen molar-refractivity contribution in [3.8, 4) is 0 Å². The Labute approximate surface area is 148 Å². The molecule has 1 saturated carbocycles. The fraction of sp³-hybridized carbons (Fsp3) is 0.750. The molecule has 1 aliphatic rings. The molecule has 2 atom stereocenters. The smallest absolute Gasteiger partial charge is 0.191 e. The van der Waals surface area contributed by atoms with E-state index in [4.69, 9.17) is 0 Å². The average molecular weight is 356 g/mol. The molecule has 1 heterocycles. The van der Waals surface area contributed by atoms with Gasteiger partial charge in [0.15, 0.2) is 11.1 Å². The van der Waals surface area contributed by atoms with Crippen molar-refractivity contribution in [3.63, 3.8) is 0 Å². The molecule has 130 valence electrons. The quantitative estimate of drug-likeness (QED) is 0.607. The monoisotopic (exact) mass is 355 g/mol. The van der Waals surface area contributed by atoms with Gasteiger partial charge >= 0.3 is 0 Å². The molecule has 0 amide bonds. The zero-order valence-electron chi connectivity index (χ0n) is 14.6. The van der Waals surface area contributed by atoms with Crippen molar-refractivity contribution in [1.29, 1.82) is 0 Å². The van der Waals surface area contributed by atoms with Crippen LogP contribution in [-0.4, -0.2) is 49.1 Å². The maximum Gasteiger partial charge on any atom is 0.191 e. The number of nitrogens with zero attached hydrogens (tertiary/aromatic N) is 3. The number of thiazole rings is 1. The average Bonchev–Trinajstić information content (AvgIpc) is 3.01. The minimum atomic E-state index is 0.534. The molecular weight excluding hydrogens is 326 g/mol. The third kappa shape index (κ3) is 5.88. The summed E-state index contributed by atoms with van der Waals surface area (Å²) >= 11 is 3.76. The van der Waals surface area contributed by atoms with Gasteiger partial charge in [-0.05, 0) is 25.0 Å². The van der Waals surface area contributed by atoms with E-state index < -0.39 is 0 Å². The predicted octanol–water partition coefficient (Wildman–Crippen LogP) is 2.94. The molecule has 0 aromatic carbocycles. The van der Waals surface area contributed by atoms with Crippen LogP contribution in [0.1, 0.15) is 38.3 Å². The summed E-state index contributed by atoms with van der Waals surface area (Å²) in [6, 6.07) is 0.534. The van der Waals surface area contributed by atoms with E-state index in [9.17, 15) is 0 Å². The van der Waals surface area contributed by atoms with E-state index in [1.807, 2.05) is 26.0 Å². The van der Waals surface area contributed by atoms with Crippen molar-refractivity contribution in [2.45, 2.75) is 50.4 Å². The predicted molar refractivity (Wildman–Crippen MR) is 104 cm³/mol. The van der Waals surface area contributed by atoms with E-state index in [-0.39, 0.29) is 0 Å². The maximum absolute atomic E-state index is 4.60. The lowest BCUT2D eigenvalue weighted by atomic mass is 9.95. The summed E-state index contributed by atoms with van der Waals surface area (Å²) in [5.74, 6) is 2.10. The van der Waals surface area contributed by atoms with Gasteiger partial charge in [0, 0.05) is 37.8 Å². The molecule has 2 unspecified atom stereocenters. The highest BCUT2D eigenvalue weighted by Gasteiger charge is 2.22. The highest BCUT2D eigenvalue weighted by molar-refractivity contribution is 7.99. The summed E-state index contributed by atoms with van der Waals surface area (Å²) in [4.78, 5) is 11.0. The molecule has 0 spiro atoms. The molecular formula is C16H29N5S2. The number of aliphatic imine (C=N–C) groups is 1. The number of aromatic nitrogens is 1. The molecule has 5 nitrogen and oxygen atoms in total. The Morgan fingerprint density at radius 1 is 1.48 bits per heavy atom. The maximum atomic E-state index is 4.60. The number of rotatable bonds is 6. The Hall–Kier alpha value is -0.950. The van der Waals surface area contributed by atoms with Crippen molar-refractivity contribution in [1.82, 2.24) is 15.6 Å². The highest BCUT2D eigenvalue weighted by atomic mass is 32.2. The topological polar surface area (TPSA) is 52.6 Å². The van der Waals surface area contributed by atoms with Gasteiger partial charge in [-0.2, -0.15) is 11.8 Å². The van der Waals surface area contributed by atoms with Gasteiger partial charge in [-0.3, -0.25) is 4.99 Å². The first kappa shape index (κ1) is 18.4. The summed E-state index contributed by atoms with van der Waals surface area (Å²) in [7, 11) is 5.87. The van der Waals surface area contributed by atoms with Crippen LogP contribution in [-0.2, 0) is 6.54 Å². The van der Waals surface area contributed by atoms with E-state index in [1.54, 1.807) is 11.3 Å². The molecule has 1 aliphatic carbocycles. The van der Waals surface area contributed by atoms with Crippen molar-refractivity contribution < 1.29 is 0 Å². The first-order valence-electron chi connectivity index (χ1n) is 8.32. The number of thioether (sulfide) groups is 1. The molecule has 1 aromatic heterocycles. The SMILES string of the molecule is CCSC1CCCC(NC(=NC)NCc2csc(N(C)C)n2)C1. The number of anilines is 1. The summed E-state index contributed by atoms with van der Waals surface area (Å²) in [6.45, 7) is 2.96. The third-order valence-electron chi connectivity index (χ3n) is 3.95. The number of nitrogens with one attached hydrogen (secondary N) is 2. The van der Waals surface area contributed by atoms with Crippen LogP contribution in [0.4, 0.5) is 5.13 Å². The Kier molecular flexibility index (Phi) is 7.49. The normalized spacial score (nSPS) is 22.0. The van der Waals surface area contributed by atoms with Gasteiger partial charge in [-0.25, -0.2) is 4.98 Å². The Morgan fingerprint density at radius 3 is 2.96 bits per heavy atom. The lowest BCUT2D eigenvalue weighted by Gasteiger charge is -2.30. The molecule has 7 heteroatoms. The molecule has 0 aliphatic heterocycles. The van der Waals surface area contributed by atoms with E-state index in [2.05, 4.69) is 44.7 Å². The molecule has 0 saturated heterocycles. The van der Waals surface area contributed by atoms with E-state index in [0.29, 0.717) is 12.6 Å². The summed E-state index contributed by atoms with van der Waals surface area (Å²) in [5.41, 5.74) is 1.06. The van der Waals surface area contributed by atoms with Crippen LogP contribution in [0.3, 0.4) is 0 Å². The van der Waals surface area contributed by atoms with Gasteiger partial charge in [-0.15, -0.1) is 11.3 Å². The lowest BCUT2D eigenvalue weighted by molar-refractivity contribution is 0.418. The highest BCUT2D eigenvalue weighted by Crippen LogP contribution is 2.28. The first-order chi connectivity index (χ1) is 11.1. The van der Waals surface area contributed by atoms with Crippen LogP contribution in [0.5, 0.6) is 0 Å². The molecule has 2 N–H and O–H groups in total. The zero-order valence-corrected chi connectivity index (χ0v) is 16.3. The Morgan fingerprint density at radius 2 is 2.30 bits per heavy atom. The van der Waals surface area contributed by atoms with Crippen molar-refractivity contribution in [2.24, 2.45) is 4.99 Å². The second-order valence-corrected chi connectivity index (χ2v) is 8.44. The van der Waals surface area contributed by atoms with E-state index in [0.717, 1.165) is 22.0 Å². The minimum Gasteiger partial charge on any atom is -0.354 e. The van der Waals surface area contributed by atoms with Crippen LogP contribution in [0.2, 0.25) is 0 Å². The zero-order chi connectivity index (χ0) is 16.7. The fourth-order valence-corrected chi connectivity index (χ4v) is 4.74. The molecule has 0 bridgehead atoms. The minimum absolute atomic E-state index is 0.534. The Bertz CT molecular complexity index is 498. The molecule has 1 aromatic rings. The summed E-state index contributed by atoms with van der Waals surface area (Å²) in [6.07, 6.45) is 5.14. The van der Waals surface area contributed by atoms with Crippen LogP contribution in [0.25, 0.3) is 0 Å². The second-order valence-electron chi connectivity index (χ2n) is 6.03. The Balaban J connectivity index is 1.80.